The van der Waals surface area contributed by atoms with Gasteiger partial charge in [0, 0.05) is 16.3 Å². The zero-order valence-electron chi connectivity index (χ0n) is 15.3. The standard InChI is InChI=1S/C20H24N2O3/c1-6-24-20(23)19-12(4)18-15-9-14(13(5)25-11(2)3)7-8-16(15)22-17(18)10-21-19/h7-11,13,22H,6H2,1-5H3. The van der Waals surface area contributed by atoms with Crippen LogP contribution in [0.5, 0.6) is 0 Å². The van der Waals surface area contributed by atoms with Gasteiger partial charge in [-0.1, -0.05) is 6.07 Å². The predicted octanol–water partition coefficient (Wildman–Crippen LogP) is 4.69. The average molecular weight is 340 g/mol. The highest BCUT2D eigenvalue weighted by atomic mass is 16.5. The molecule has 1 aromatic carbocycles. The number of hydrogen-bond acceptors (Lipinski definition) is 4. The van der Waals surface area contributed by atoms with Gasteiger partial charge in [0.05, 0.1) is 30.5 Å². The molecule has 1 atom stereocenters. The van der Waals surface area contributed by atoms with Gasteiger partial charge in [0.25, 0.3) is 0 Å². The lowest BCUT2D eigenvalue weighted by Crippen LogP contribution is -2.09. The Morgan fingerprint density at radius 1 is 1.24 bits per heavy atom. The van der Waals surface area contributed by atoms with E-state index in [2.05, 4.69) is 29.0 Å². The second-order valence-electron chi connectivity index (χ2n) is 6.50. The van der Waals surface area contributed by atoms with Crippen LogP contribution < -0.4 is 0 Å². The van der Waals surface area contributed by atoms with Crippen molar-refractivity contribution in [2.24, 2.45) is 0 Å². The number of pyridine rings is 1. The molecular formula is C20H24N2O3. The number of hydrogen-bond donors (Lipinski definition) is 1. The molecule has 0 aliphatic heterocycles. The Bertz CT molecular complexity index is 927. The molecule has 132 valence electrons. The fraction of sp³-hybridized carbons (Fsp3) is 0.400. The van der Waals surface area contributed by atoms with Gasteiger partial charge >= 0.3 is 5.97 Å². The topological polar surface area (TPSA) is 64.2 Å². The van der Waals surface area contributed by atoms with Crippen LogP contribution >= 0.6 is 0 Å². The minimum Gasteiger partial charge on any atom is -0.461 e. The lowest BCUT2D eigenvalue weighted by molar-refractivity contribution is 0.0179. The number of benzene rings is 1. The number of aromatic nitrogens is 2. The summed E-state index contributed by atoms with van der Waals surface area (Å²) < 4.78 is 11.0. The summed E-state index contributed by atoms with van der Waals surface area (Å²) >= 11 is 0. The van der Waals surface area contributed by atoms with Crippen molar-refractivity contribution in [3.05, 3.63) is 41.2 Å². The normalized spacial score (nSPS) is 12.9. The zero-order valence-corrected chi connectivity index (χ0v) is 15.3. The lowest BCUT2D eigenvalue weighted by Gasteiger charge is -2.16. The number of H-pyrrole nitrogens is 1. The third kappa shape index (κ3) is 3.24. The quantitative estimate of drug-likeness (QED) is 0.685. The molecule has 3 aromatic rings. The van der Waals surface area contributed by atoms with E-state index in [0.29, 0.717) is 12.3 Å². The fourth-order valence-corrected chi connectivity index (χ4v) is 3.22. The van der Waals surface area contributed by atoms with Gasteiger partial charge in [0.1, 0.15) is 0 Å². The van der Waals surface area contributed by atoms with Gasteiger partial charge < -0.3 is 14.5 Å². The number of aromatic amines is 1. The molecule has 0 bridgehead atoms. The highest BCUT2D eigenvalue weighted by molar-refractivity contribution is 6.11. The second kappa shape index (κ2) is 6.84. The molecule has 3 rings (SSSR count). The van der Waals surface area contributed by atoms with Crippen LogP contribution in [0.2, 0.25) is 0 Å². The minimum atomic E-state index is -0.385. The van der Waals surface area contributed by atoms with Gasteiger partial charge in [-0.3, -0.25) is 0 Å². The molecule has 0 aliphatic rings. The first-order chi connectivity index (χ1) is 11.9. The van der Waals surface area contributed by atoms with E-state index in [1.165, 1.54) is 0 Å². The van der Waals surface area contributed by atoms with E-state index in [0.717, 1.165) is 32.9 Å². The number of rotatable bonds is 5. The van der Waals surface area contributed by atoms with Crippen LogP contribution in [0.15, 0.2) is 24.4 Å². The van der Waals surface area contributed by atoms with E-state index in [1.807, 2.05) is 26.8 Å². The Morgan fingerprint density at radius 2 is 2.00 bits per heavy atom. The molecule has 1 N–H and O–H groups in total. The monoisotopic (exact) mass is 340 g/mol. The zero-order chi connectivity index (χ0) is 18.1. The molecule has 25 heavy (non-hydrogen) atoms. The lowest BCUT2D eigenvalue weighted by atomic mass is 10.0. The van der Waals surface area contributed by atoms with Gasteiger partial charge in [-0.05, 0) is 57.9 Å². The van der Waals surface area contributed by atoms with E-state index >= 15 is 0 Å². The van der Waals surface area contributed by atoms with Gasteiger partial charge in [-0.15, -0.1) is 0 Å². The third-order valence-corrected chi connectivity index (χ3v) is 4.32. The first kappa shape index (κ1) is 17.4. The number of carbonyl (C=O) groups is 1. The number of ether oxygens (including phenoxy) is 2. The van der Waals surface area contributed by atoms with E-state index in [4.69, 9.17) is 9.47 Å². The highest BCUT2D eigenvalue weighted by Crippen LogP contribution is 2.32. The van der Waals surface area contributed by atoms with E-state index < -0.39 is 0 Å². The van der Waals surface area contributed by atoms with E-state index in [1.54, 1.807) is 13.1 Å². The summed E-state index contributed by atoms with van der Waals surface area (Å²) in [5, 5.41) is 2.07. The number of nitrogens with zero attached hydrogens (tertiary/aromatic N) is 1. The first-order valence-corrected chi connectivity index (χ1v) is 8.65. The van der Waals surface area contributed by atoms with Crippen molar-refractivity contribution in [2.75, 3.05) is 6.61 Å². The number of esters is 1. The van der Waals surface area contributed by atoms with Gasteiger partial charge in [-0.2, -0.15) is 0 Å². The molecule has 0 aliphatic carbocycles. The smallest absolute Gasteiger partial charge is 0.357 e. The van der Waals surface area contributed by atoms with E-state index in [-0.39, 0.29) is 18.2 Å². The van der Waals surface area contributed by atoms with Crippen molar-refractivity contribution in [3.63, 3.8) is 0 Å². The fourth-order valence-electron chi connectivity index (χ4n) is 3.22. The Hall–Kier alpha value is -2.40. The molecule has 5 nitrogen and oxygen atoms in total. The molecule has 0 spiro atoms. The number of fused-ring (bicyclic) bond motifs is 3. The summed E-state index contributed by atoms with van der Waals surface area (Å²) in [7, 11) is 0. The van der Waals surface area contributed by atoms with Crippen LogP contribution in [0.1, 0.15) is 55.4 Å². The van der Waals surface area contributed by atoms with Gasteiger partial charge in [0.15, 0.2) is 5.69 Å². The molecule has 2 heterocycles. The molecule has 0 amide bonds. The molecule has 1 unspecified atom stereocenters. The summed E-state index contributed by atoms with van der Waals surface area (Å²) in [6.07, 6.45) is 1.86. The first-order valence-electron chi connectivity index (χ1n) is 8.65. The number of carbonyl (C=O) groups excluding carboxylic acids is 1. The molecular weight excluding hydrogens is 316 g/mol. The second-order valence-corrected chi connectivity index (χ2v) is 6.50. The van der Waals surface area contributed by atoms with Crippen LogP contribution in [0, 0.1) is 6.92 Å². The van der Waals surface area contributed by atoms with Crippen LogP contribution in [0.25, 0.3) is 21.8 Å². The Balaban J connectivity index is 2.16. The van der Waals surface area contributed by atoms with Crippen molar-refractivity contribution >= 4 is 27.8 Å². The summed E-state index contributed by atoms with van der Waals surface area (Å²) in [5.41, 5.74) is 4.23. The predicted molar refractivity (Wildman–Crippen MR) is 98.9 cm³/mol. The Labute approximate surface area is 147 Å². The largest absolute Gasteiger partial charge is 0.461 e. The van der Waals surface area contributed by atoms with Crippen LogP contribution in [-0.2, 0) is 9.47 Å². The molecule has 0 saturated heterocycles. The highest BCUT2D eigenvalue weighted by Gasteiger charge is 2.18. The third-order valence-electron chi connectivity index (χ3n) is 4.32. The van der Waals surface area contributed by atoms with Gasteiger partial charge in [-0.25, -0.2) is 9.78 Å². The van der Waals surface area contributed by atoms with Crippen LogP contribution in [0.3, 0.4) is 0 Å². The Morgan fingerprint density at radius 3 is 2.68 bits per heavy atom. The van der Waals surface area contributed by atoms with Crippen molar-refractivity contribution in [1.82, 2.24) is 9.97 Å². The number of nitrogens with one attached hydrogen (secondary N) is 1. The average Bonchev–Trinajstić information content (AvgIpc) is 2.93. The van der Waals surface area contributed by atoms with E-state index in [9.17, 15) is 4.79 Å². The van der Waals surface area contributed by atoms with Crippen LogP contribution in [-0.4, -0.2) is 28.6 Å². The summed E-state index contributed by atoms with van der Waals surface area (Å²) in [6.45, 7) is 10.1. The minimum absolute atomic E-state index is 0.000945. The maximum Gasteiger partial charge on any atom is 0.357 e. The number of aryl methyl sites for hydroxylation is 1. The van der Waals surface area contributed by atoms with Crippen molar-refractivity contribution in [1.29, 1.82) is 0 Å². The molecule has 2 aromatic heterocycles. The summed E-state index contributed by atoms with van der Waals surface area (Å²) in [5.74, 6) is -0.385. The van der Waals surface area contributed by atoms with Crippen LogP contribution in [0.4, 0.5) is 0 Å². The molecule has 0 saturated carbocycles. The molecule has 0 fully saturated rings. The Kier molecular flexibility index (Phi) is 4.77. The maximum atomic E-state index is 12.1. The van der Waals surface area contributed by atoms with Gasteiger partial charge in [0.2, 0.25) is 0 Å². The maximum absolute atomic E-state index is 12.1. The SMILES string of the molecule is CCOC(=O)c1ncc2[nH]c3ccc(C(C)OC(C)C)cc3c2c1C. The van der Waals surface area contributed by atoms with Crippen molar-refractivity contribution < 1.29 is 14.3 Å². The summed E-state index contributed by atoms with van der Waals surface area (Å²) in [4.78, 5) is 19.8. The summed E-state index contributed by atoms with van der Waals surface area (Å²) in [6, 6.07) is 6.25. The molecule has 5 heteroatoms. The molecule has 0 radical (unpaired) electrons. The van der Waals surface area contributed by atoms with Crippen molar-refractivity contribution in [3.8, 4) is 0 Å². The van der Waals surface area contributed by atoms with Crippen molar-refractivity contribution in [2.45, 2.75) is 46.8 Å².